The van der Waals surface area contributed by atoms with E-state index in [1.54, 1.807) is 12.1 Å². The number of nitrogens with zero attached hydrogens (tertiary/aromatic N) is 3. The molecule has 7 nitrogen and oxygen atoms in total. The first-order chi connectivity index (χ1) is 9.75. The highest BCUT2D eigenvalue weighted by Crippen LogP contribution is 2.23. The fourth-order valence-electron chi connectivity index (χ4n) is 2.06. The molecule has 2 aromatic rings. The number of ether oxygens (including phenoxy) is 1. The minimum Gasteiger partial charge on any atom is -0.477 e. The first kappa shape index (κ1) is 12.6. The molecule has 104 valence electrons. The number of rotatable bonds is 3. The second kappa shape index (κ2) is 5.30. The topological polar surface area (TPSA) is 88.7 Å². The number of hydrogen-bond donors (Lipinski definition) is 1. The molecule has 7 heteroatoms. The summed E-state index contributed by atoms with van der Waals surface area (Å²) >= 11 is 0. The van der Waals surface area contributed by atoms with Gasteiger partial charge in [0.05, 0.1) is 19.5 Å². The summed E-state index contributed by atoms with van der Waals surface area (Å²) in [6, 6.07) is 3.47. The molecule has 3 heterocycles. The number of carbonyl (C=O) groups is 1. The molecular formula is C13H13N3O4. The number of anilines is 1. The number of aromatic nitrogens is 2. The van der Waals surface area contributed by atoms with Gasteiger partial charge in [-0.25, -0.2) is 14.8 Å². The van der Waals surface area contributed by atoms with Gasteiger partial charge in [-0.3, -0.25) is 0 Å². The third-order valence-corrected chi connectivity index (χ3v) is 3.05. The highest BCUT2D eigenvalue weighted by Gasteiger charge is 2.22. The van der Waals surface area contributed by atoms with Crippen LogP contribution in [0.4, 0.5) is 5.82 Å². The van der Waals surface area contributed by atoms with E-state index in [0.717, 1.165) is 0 Å². The molecule has 0 unspecified atom stereocenters. The second-order valence-electron chi connectivity index (χ2n) is 4.31. The van der Waals surface area contributed by atoms with Crippen molar-refractivity contribution in [2.45, 2.75) is 0 Å². The molecule has 1 saturated heterocycles. The predicted octanol–water partition coefficient (Wildman–Crippen LogP) is 1.27. The van der Waals surface area contributed by atoms with Crippen molar-refractivity contribution in [1.82, 2.24) is 9.97 Å². The van der Waals surface area contributed by atoms with Crippen molar-refractivity contribution in [3.05, 3.63) is 30.2 Å². The van der Waals surface area contributed by atoms with Gasteiger partial charge < -0.3 is 19.2 Å². The lowest BCUT2D eigenvalue weighted by molar-refractivity contribution is 0.0695. The smallest absolute Gasteiger partial charge is 0.341 e. The average molecular weight is 275 g/mol. The fourth-order valence-corrected chi connectivity index (χ4v) is 2.06. The highest BCUT2D eigenvalue weighted by atomic mass is 16.5. The van der Waals surface area contributed by atoms with Crippen LogP contribution in [-0.4, -0.2) is 47.3 Å². The van der Waals surface area contributed by atoms with Crippen LogP contribution in [0.25, 0.3) is 11.6 Å². The first-order valence-electron chi connectivity index (χ1n) is 6.22. The monoisotopic (exact) mass is 275 g/mol. The van der Waals surface area contributed by atoms with Crippen LogP contribution in [0.15, 0.2) is 29.0 Å². The second-order valence-corrected chi connectivity index (χ2v) is 4.31. The normalized spacial score (nSPS) is 15.3. The Bertz CT molecular complexity index is 606. The Morgan fingerprint density at radius 1 is 1.35 bits per heavy atom. The van der Waals surface area contributed by atoms with Crippen molar-refractivity contribution in [3.63, 3.8) is 0 Å². The van der Waals surface area contributed by atoms with Gasteiger partial charge in [0.25, 0.3) is 0 Å². The molecule has 1 aliphatic heterocycles. The quantitative estimate of drug-likeness (QED) is 0.902. The molecule has 3 rings (SSSR count). The Morgan fingerprint density at radius 2 is 2.15 bits per heavy atom. The van der Waals surface area contributed by atoms with E-state index in [-0.39, 0.29) is 5.56 Å². The SMILES string of the molecule is O=C(O)c1cnc(-c2ccco2)nc1N1CCOCC1. The average Bonchev–Trinajstić information content (AvgIpc) is 3.02. The van der Waals surface area contributed by atoms with Crippen LogP contribution < -0.4 is 4.90 Å². The van der Waals surface area contributed by atoms with E-state index < -0.39 is 5.97 Å². The predicted molar refractivity (Wildman–Crippen MR) is 69.7 cm³/mol. The lowest BCUT2D eigenvalue weighted by atomic mass is 10.2. The van der Waals surface area contributed by atoms with Gasteiger partial charge in [-0.05, 0) is 12.1 Å². The summed E-state index contributed by atoms with van der Waals surface area (Å²) in [7, 11) is 0. The molecule has 1 fully saturated rings. The third kappa shape index (κ3) is 2.35. The van der Waals surface area contributed by atoms with E-state index in [2.05, 4.69) is 9.97 Å². The van der Waals surface area contributed by atoms with Gasteiger partial charge in [-0.15, -0.1) is 0 Å². The Labute approximate surface area is 114 Å². The first-order valence-corrected chi connectivity index (χ1v) is 6.22. The van der Waals surface area contributed by atoms with Crippen molar-refractivity contribution in [2.75, 3.05) is 31.2 Å². The third-order valence-electron chi connectivity index (χ3n) is 3.05. The van der Waals surface area contributed by atoms with Crippen LogP contribution in [0.1, 0.15) is 10.4 Å². The van der Waals surface area contributed by atoms with Gasteiger partial charge in [0.2, 0.25) is 0 Å². The molecule has 0 saturated carbocycles. The van der Waals surface area contributed by atoms with E-state index in [9.17, 15) is 9.90 Å². The zero-order valence-corrected chi connectivity index (χ0v) is 10.7. The molecule has 1 N–H and O–H groups in total. The van der Waals surface area contributed by atoms with Crippen LogP contribution in [0, 0.1) is 0 Å². The molecule has 20 heavy (non-hydrogen) atoms. The molecule has 2 aromatic heterocycles. The maximum Gasteiger partial charge on any atom is 0.341 e. The minimum absolute atomic E-state index is 0.0854. The Morgan fingerprint density at radius 3 is 2.80 bits per heavy atom. The zero-order chi connectivity index (χ0) is 13.9. The number of morpholine rings is 1. The van der Waals surface area contributed by atoms with Crippen molar-refractivity contribution < 1.29 is 19.1 Å². The largest absolute Gasteiger partial charge is 0.477 e. The van der Waals surface area contributed by atoms with E-state index >= 15 is 0 Å². The van der Waals surface area contributed by atoms with Crippen molar-refractivity contribution in [3.8, 4) is 11.6 Å². The summed E-state index contributed by atoms with van der Waals surface area (Å²) in [5, 5.41) is 9.26. The number of aromatic carboxylic acids is 1. The van der Waals surface area contributed by atoms with Crippen LogP contribution in [-0.2, 0) is 4.74 Å². The van der Waals surface area contributed by atoms with E-state index in [0.29, 0.717) is 43.7 Å². The van der Waals surface area contributed by atoms with Gasteiger partial charge in [-0.2, -0.15) is 0 Å². The summed E-state index contributed by atoms with van der Waals surface area (Å²) in [5.41, 5.74) is 0.0854. The van der Waals surface area contributed by atoms with Crippen molar-refractivity contribution >= 4 is 11.8 Å². The molecule has 0 radical (unpaired) electrons. The summed E-state index contributed by atoms with van der Waals surface area (Å²) in [5.74, 6) is 0.248. The van der Waals surface area contributed by atoms with E-state index in [1.807, 2.05) is 4.90 Å². The highest BCUT2D eigenvalue weighted by molar-refractivity contribution is 5.93. The van der Waals surface area contributed by atoms with Crippen molar-refractivity contribution in [1.29, 1.82) is 0 Å². The Hall–Kier alpha value is -2.41. The fraction of sp³-hybridized carbons (Fsp3) is 0.308. The van der Waals surface area contributed by atoms with Gasteiger partial charge >= 0.3 is 5.97 Å². The Balaban J connectivity index is 2.03. The number of carboxylic acid groups (broad SMARTS) is 1. The van der Waals surface area contributed by atoms with Crippen LogP contribution in [0.5, 0.6) is 0 Å². The molecule has 0 aliphatic carbocycles. The van der Waals surface area contributed by atoms with E-state index in [4.69, 9.17) is 9.15 Å². The molecule has 0 atom stereocenters. The summed E-state index contributed by atoms with van der Waals surface area (Å²) in [6.07, 6.45) is 2.84. The number of furan rings is 1. The lowest BCUT2D eigenvalue weighted by Crippen LogP contribution is -2.37. The minimum atomic E-state index is -1.04. The molecule has 0 bridgehead atoms. The lowest BCUT2D eigenvalue weighted by Gasteiger charge is -2.28. The standard InChI is InChI=1S/C13H13N3O4/c17-13(18)9-8-14-11(10-2-1-5-20-10)15-12(9)16-3-6-19-7-4-16/h1-2,5,8H,3-4,6-7H2,(H,17,18). The molecule has 0 amide bonds. The molecular weight excluding hydrogens is 262 g/mol. The maximum atomic E-state index is 11.3. The van der Waals surface area contributed by atoms with Gasteiger partial charge in [-0.1, -0.05) is 0 Å². The molecule has 0 spiro atoms. The van der Waals surface area contributed by atoms with Gasteiger partial charge in [0, 0.05) is 19.3 Å². The zero-order valence-electron chi connectivity index (χ0n) is 10.7. The number of hydrogen-bond acceptors (Lipinski definition) is 6. The summed E-state index contributed by atoms with van der Waals surface area (Å²) in [4.78, 5) is 21.6. The van der Waals surface area contributed by atoms with Crippen LogP contribution in [0.2, 0.25) is 0 Å². The Kier molecular flexibility index (Phi) is 3.34. The molecule has 0 aromatic carbocycles. The summed E-state index contributed by atoms with van der Waals surface area (Å²) < 4.78 is 10.5. The van der Waals surface area contributed by atoms with Crippen molar-refractivity contribution in [2.24, 2.45) is 0 Å². The molecule has 1 aliphatic rings. The number of carboxylic acids is 1. The van der Waals surface area contributed by atoms with Gasteiger partial charge in [0.1, 0.15) is 11.4 Å². The van der Waals surface area contributed by atoms with Crippen LogP contribution in [0.3, 0.4) is 0 Å². The van der Waals surface area contributed by atoms with Gasteiger partial charge in [0.15, 0.2) is 11.6 Å². The summed E-state index contributed by atoms with van der Waals surface area (Å²) in [6.45, 7) is 2.32. The maximum absolute atomic E-state index is 11.3. The van der Waals surface area contributed by atoms with E-state index in [1.165, 1.54) is 12.5 Å². The van der Waals surface area contributed by atoms with Crippen LogP contribution >= 0.6 is 0 Å².